The Morgan fingerprint density at radius 3 is 2.56 bits per heavy atom. The van der Waals surface area contributed by atoms with Crippen molar-refractivity contribution >= 4 is 5.97 Å². The molecule has 0 amide bonds. The molecule has 0 aliphatic carbocycles. The van der Waals surface area contributed by atoms with Crippen molar-refractivity contribution in [2.45, 2.75) is 39.7 Å². The van der Waals surface area contributed by atoms with E-state index in [1.165, 1.54) is 12.7 Å². The SMILES string of the molecule is CCCNC(C)(C(=O)OC)c1ccc(C)cc1C. The Bertz CT molecular complexity index is 429. The number of esters is 1. The lowest BCUT2D eigenvalue weighted by atomic mass is 9.87. The molecule has 0 spiro atoms. The van der Waals surface area contributed by atoms with Crippen LogP contribution < -0.4 is 5.32 Å². The molecule has 1 rings (SSSR count). The number of methoxy groups -OCH3 is 1. The van der Waals surface area contributed by atoms with Crippen molar-refractivity contribution in [2.24, 2.45) is 0 Å². The molecular weight excluding hydrogens is 226 g/mol. The van der Waals surface area contributed by atoms with Crippen molar-refractivity contribution in [3.05, 3.63) is 34.9 Å². The molecule has 1 aromatic rings. The molecule has 0 fully saturated rings. The van der Waals surface area contributed by atoms with Crippen LogP contribution in [-0.4, -0.2) is 19.6 Å². The minimum absolute atomic E-state index is 0.247. The number of hydrogen-bond donors (Lipinski definition) is 1. The minimum Gasteiger partial charge on any atom is -0.467 e. The van der Waals surface area contributed by atoms with Crippen LogP contribution in [0.4, 0.5) is 0 Å². The predicted molar refractivity (Wildman–Crippen MR) is 73.6 cm³/mol. The van der Waals surface area contributed by atoms with Crippen LogP contribution >= 0.6 is 0 Å². The molecular formula is C15H23NO2. The zero-order valence-electron chi connectivity index (χ0n) is 12.0. The number of benzene rings is 1. The summed E-state index contributed by atoms with van der Waals surface area (Å²) in [5.74, 6) is -0.247. The van der Waals surface area contributed by atoms with E-state index in [4.69, 9.17) is 4.74 Å². The Morgan fingerprint density at radius 2 is 2.06 bits per heavy atom. The average Bonchev–Trinajstić information content (AvgIpc) is 2.34. The third kappa shape index (κ3) is 2.91. The number of rotatable bonds is 5. The number of carbonyl (C=O) groups excluding carboxylic acids is 1. The van der Waals surface area contributed by atoms with Gasteiger partial charge < -0.3 is 4.74 Å². The lowest BCUT2D eigenvalue weighted by Gasteiger charge is -2.30. The molecule has 3 nitrogen and oxygen atoms in total. The van der Waals surface area contributed by atoms with E-state index in [2.05, 4.69) is 18.3 Å². The zero-order valence-corrected chi connectivity index (χ0v) is 12.0. The van der Waals surface area contributed by atoms with Crippen molar-refractivity contribution in [3.8, 4) is 0 Å². The van der Waals surface area contributed by atoms with Gasteiger partial charge in [-0.1, -0.05) is 30.7 Å². The maximum absolute atomic E-state index is 12.1. The fourth-order valence-corrected chi connectivity index (χ4v) is 2.23. The Labute approximate surface area is 110 Å². The maximum atomic E-state index is 12.1. The number of ether oxygens (including phenoxy) is 1. The number of nitrogens with one attached hydrogen (secondary N) is 1. The fourth-order valence-electron chi connectivity index (χ4n) is 2.23. The Hall–Kier alpha value is -1.35. The van der Waals surface area contributed by atoms with Gasteiger partial charge in [-0.05, 0) is 44.9 Å². The van der Waals surface area contributed by atoms with Gasteiger partial charge in [-0.3, -0.25) is 5.32 Å². The van der Waals surface area contributed by atoms with Gasteiger partial charge >= 0.3 is 5.97 Å². The Kier molecular flexibility index (Phi) is 4.91. The second kappa shape index (κ2) is 6.01. The van der Waals surface area contributed by atoms with Crippen LogP contribution in [0.25, 0.3) is 0 Å². The summed E-state index contributed by atoms with van der Waals surface area (Å²) in [6.07, 6.45) is 0.970. The number of aryl methyl sites for hydroxylation is 2. The molecule has 1 N–H and O–H groups in total. The van der Waals surface area contributed by atoms with Gasteiger partial charge in [-0.15, -0.1) is 0 Å². The minimum atomic E-state index is -0.775. The van der Waals surface area contributed by atoms with Crippen molar-refractivity contribution in [2.75, 3.05) is 13.7 Å². The predicted octanol–water partition coefficient (Wildman–Crippen LogP) is 2.69. The second-order valence-electron chi connectivity index (χ2n) is 4.86. The molecule has 0 saturated heterocycles. The number of hydrogen-bond acceptors (Lipinski definition) is 3. The first kappa shape index (κ1) is 14.7. The normalized spacial score (nSPS) is 14.1. The summed E-state index contributed by atoms with van der Waals surface area (Å²) in [5, 5.41) is 3.30. The summed E-state index contributed by atoms with van der Waals surface area (Å²) in [6, 6.07) is 6.12. The van der Waals surface area contributed by atoms with Crippen LogP contribution in [-0.2, 0) is 15.1 Å². The molecule has 0 saturated carbocycles. The summed E-state index contributed by atoms with van der Waals surface area (Å²) < 4.78 is 4.95. The quantitative estimate of drug-likeness (QED) is 0.815. The van der Waals surface area contributed by atoms with Gasteiger partial charge in [-0.25, -0.2) is 4.79 Å². The highest BCUT2D eigenvalue weighted by Gasteiger charge is 2.36. The van der Waals surface area contributed by atoms with E-state index in [0.717, 1.165) is 24.1 Å². The monoisotopic (exact) mass is 249 g/mol. The van der Waals surface area contributed by atoms with Crippen molar-refractivity contribution in [3.63, 3.8) is 0 Å². The fraction of sp³-hybridized carbons (Fsp3) is 0.533. The third-order valence-corrected chi connectivity index (χ3v) is 3.24. The molecule has 1 aromatic carbocycles. The van der Waals surface area contributed by atoms with Gasteiger partial charge in [-0.2, -0.15) is 0 Å². The topological polar surface area (TPSA) is 38.3 Å². The highest BCUT2D eigenvalue weighted by atomic mass is 16.5. The summed E-state index contributed by atoms with van der Waals surface area (Å²) in [6.45, 7) is 8.81. The lowest BCUT2D eigenvalue weighted by Crippen LogP contribution is -2.48. The molecule has 0 aliphatic heterocycles. The average molecular weight is 249 g/mol. The Balaban J connectivity index is 3.20. The van der Waals surface area contributed by atoms with E-state index in [9.17, 15) is 4.79 Å². The standard InChI is InChI=1S/C15H23NO2/c1-6-9-16-15(4,14(17)18-5)13-8-7-11(2)10-12(13)3/h7-8,10,16H,6,9H2,1-5H3. The van der Waals surface area contributed by atoms with Crippen LogP contribution in [0.1, 0.15) is 37.0 Å². The smallest absolute Gasteiger partial charge is 0.330 e. The van der Waals surface area contributed by atoms with E-state index >= 15 is 0 Å². The molecule has 100 valence electrons. The van der Waals surface area contributed by atoms with Crippen LogP contribution in [0, 0.1) is 13.8 Å². The van der Waals surface area contributed by atoms with E-state index in [1.807, 2.05) is 32.9 Å². The molecule has 1 atom stereocenters. The number of carbonyl (C=O) groups is 1. The van der Waals surface area contributed by atoms with E-state index in [1.54, 1.807) is 0 Å². The molecule has 0 bridgehead atoms. The molecule has 0 heterocycles. The summed E-state index contributed by atoms with van der Waals surface area (Å²) >= 11 is 0. The van der Waals surface area contributed by atoms with Gasteiger partial charge in [0.2, 0.25) is 0 Å². The lowest BCUT2D eigenvalue weighted by molar-refractivity contribution is -0.148. The highest BCUT2D eigenvalue weighted by Crippen LogP contribution is 2.26. The molecule has 0 aromatic heterocycles. The second-order valence-corrected chi connectivity index (χ2v) is 4.86. The van der Waals surface area contributed by atoms with Crippen molar-refractivity contribution < 1.29 is 9.53 Å². The van der Waals surface area contributed by atoms with Gasteiger partial charge in [0.05, 0.1) is 7.11 Å². The largest absolute Gasteiger partial charge is 0.467 e. The van der Waals surface area contributed by atoms with Gasteiger partial charge in [0, 0.05) is 0 Å². The van der Waals surface area contributed by atoms with E-state index in [-0.39, 0.29) is 5.97 Å². The van der Waals surface area contributed by atoms with Gasteiger partial charge in [0.1, 0.15) is 5.54 Å². The summed E-state index contributed by atoms with van der Waals surface area (Å²) in [5.41, 5.74) is 2.50. The van der Waals surface area contributed by atoms with Gasteiger partial charge in [0.25, 0.3) is 0 Å². The molecule has 0 radical (unpaired) electrons. The van der Waals surface area contributed by atoms with Crippen LogP contribution in [0.15, 0.2) is 18.2 Å². The third-order valence-electron chi connectivity index (χ3n) is 3.24. The first-order valence-electron chi connectivity index (χ1n) is 6.37. The summed E-state index contributed by atoms with van der Waals surface area (Å²) in [4.78, 5) is 12.1. The van der Waals surface area contributed by atoms with Crippen molar-refractivity contribution in [1.29, 1.82) is 0 Å². The van der Waals surface area contributed by atoms with Gasteiger partial charge in [0.15, 0.2) is 0 Å². The van der Waals surface area contributed by atoms with Crippen LogP contribution in [0.5, 0.6) is 0 Å². The van der Waals surface area contributed by atoms with Crippen molar-refractivity contribution in [1.82, 2.24) is 5.32 Å². The van der Waals surface area contributed by atoms with Crippen LogP contribution in [0.3, 0.4) is 0 Å². The zero-order chi connectivity index (χ0) is 13.8. The van der Waals surface area contributed by atoms with E-state index in [0.29, 0.717) is 0 Å². The molecule has 3 heteroatoms. The highest BCUT2D eigenvalue weighted by molar-refractivity contribution is 5.82. The molecule has 0 aliphatic rings. The van der Waals surface area contributed by atoms with Crippen LogP contribution in [0.2, 0.25) is 0 Å². The van der Waals surface area contributed by atoms with E-state index < -0.39 is 5.54 Å². The molecule has 18 heavy (non-hydrogen) atoms. The first-order valence-corrected chi connectivity index (χ1v) is 6.37. The first-order chi connectivity index (χ1) is 8.45. The molecule has 1 unspecified atom stereocenters. The Morgan fingerprint density at radius 1 is 1.39 bits per heavy atom. The maximum Gasteiger partial charge on any atom is 0.330 e. The summed E-state index contributed by atoms with van der Waals surface area (Å²) in [7, 11) is 1.43.